The molecule has 6 heteroatoms. The average molecular weight is 243 g/mol. The lowest BCUT2D eigenvalue weighted by atomic mass is 10.2. The van der Waals surface area contributed by atoms with Gasteiger partial charge in [0.2, 0.25) is 0 Å². The lowest BCUT2D eigenvalue weighted by molar-refractivity contribution is 0.169. The topological polar surface area (TPSA) is 72.5 Å². The van der Waals surface area contributed by atoms with E-state index in [2.05, 4.69) is 10.1 Å². The maximum atomic E-state index is 11.5. The van der Waals surface area contributed by atoms with Crippen molar-refractivity contribution in [2.24, 2.45) is 0 Å². The molecular formula is C10H13NO4S. The first-order chi connectivity index (χ1) is 7.45. The number of carbonyl (C=O) groups is 1. The Morgan fingerprint density at radius 2 is 1.88 bits per heavy atom. The highest BCUT2D eigenvalue weighted by molar-refractivity contribution is 7.90. The predicted octanol–water partition coefficient (Wildman–Crippen LogP) is 1.09. The van der Waals surface area contributed by atoms with E-state index < -0.39 is 21.3 Å². The van der Waals surface area contributed by atoms with Crippen LogP contribution in [0.2, 0.25) is 0 Å². The first-order valence-corrected chi connectivity index (χ1v) is 6.49. The van der Waals surface area contributed by atoms with Crippen LogP contribution in [0.4, 0.5) is 4.79 Å². The summed E-state index contributed by atoms with van der Waals surface area (Å²) in [6.07, 6.45) is 0.278. The van der Waals surface area contributed by atoms with Gasteiger partial charge in [0.05, 0.1) is 7.11 Å². The van der Waals surface area contributed by atoms with E-state index >= 15 is 0 Å². The smallest absolute Gasteiger partial charge is 0.408 e. The molecule has 0 saturated carbocycles. The number of rotatable bonds is 3. The van der Waals surface area contributed by atoms with Crippen LogP contribution in [-0.2, 0) is 14.6 Å². The second kappa shape index (κ2) is 4.98. The fraction of sp³-hybridized carbons (Fsp3) is 0.300. The number of ether oxygens (including phenoxy) is 1. The second-order valence-electron chi connectivity index (χ2n) is 3.26. The molecular weight excluding hydrogens is 230 g/mol. The largest absolute Gasteiger partial charge is 0.453 e. The minimum atomic E-state index is -3.44. The summed E-state index contributed by atoms with van der Waals surface area (Å²) >= 11 is 0. The van der Waals surface area contributed by atoms with Gasteiger partial charge >= 0.3 is 6.09 Å². The van der Waals surface area contributed by atoms with Crippen molar-refractivity contribution in [2.75, 3.05) is 13.4 Å². The van der Waals surface area contributed by atoms with Gasteiger partial charge in [-0.15, -0.1) is 0 Å². The van der Waals surface area contributed by atoms with Gasteiger partial charge < -0.3 is 10.1 Å². The van der Waals surface area contributed by atoms with Gasteiger partial charge in [-0.25, -0.2) is 13.2 Å². The molecule has 16 heavy (non-hydrogen) atoms. The summed E-state index contributed by atoms with van der Waals surface area (Å²) in [6, 6.07) is 8.42. The van der Waals surface area contributed by atoms with E-state index in [1.54, 1.807) is 30.3 Å². The van der Waals surface area contributed by atoms with Crippen molar-refractivity contribution < 1.29 is 17.9 Å². The van der Waals surface area contributed by atoms with Gasteiger partial charge in [-0.05, 0) is 5.56 Å². The maximum absolute atomic E-state index is 11.5. The maximum Gasteiger partial charge on any atom is 0.408 e. The average Bonchev–Trinajstić information content (AvgIpc) is 2.25. The number of methoxy groups -OCH3 is 1. The van der Waals surface area contributed by atoms with E-state index in [9.17, 15) is 13.2 Å². The third-order valence-corrected chi connectivity index (χ3v) is 3.21. The monoisotopic (exact) mass is 243 g/mol. The first kappa shape index (κ1) is 12.5. The van der Waals surface area contributed by atoms with Gasteiger partial charge in [-0.1, -0.05) is 30.3 Å². The minimum Gasteiger partial charge on any atom is -0.453 e. The third kappa shape index (κ3) is 3.23. The number of hydrogen-bond acceptors (Lipinski definition) is 4. The summed E-state index contributed by atoms with van der Waals surface area (Å²) in [5.74, 6) is 0. The molecule has 1 aromatic rings. The van der Waals surface area contributed by atoms with Crippen LogP contribution < -0.4 is 5.32 Å². The van der Waals surface area contributed by atoms with Crippen LogP contribution in [0.5, 0.6) is 0 Å². The highest BCUT2D eigenvalue weighted by Crippen LogP contribution is 2.18. The molecule has 0 aromatic heterocycles. The number of amides is 1. The zero-order valence-electron chi connectivity index (χ0n) is 9.01. The van der Waals surface area contributed by atoms with Crippen LogP contribution in [0, 0.1) is 0 Å². The normalized spacial score (nSPS) is 12.9. The molecule has 1 amide bonds. The zero-order valence-corrected chi connectivity index (χ0v) is 9.82. The Morgan fingerprint density at radius 3 is 2.31 bits per heavy atom. The highest BCUT2D eigenvalue weighted by Gasteiger charge is 2.24. The third-order valence-electron chi connectivity index (χ3n) is 1.96. The summed E-state index contributed by atoms with van der Waals surface area (Å²) in [4.78, 5) is 11.0. The SMILES string of the molecule is COC(=O)NC(c1ccccc1)S(C)(=O)=O. The van der Waals surface area contributed by atoms with Crippen LogP contribution in [0.1, 0.15) is 10.9 Å². The zero-order chi connectivity index (χ0) is 12.2. The van der Waals surface area contributed by atoms with E-state index in [1.807, 2.05) is 0 Å². The van der Waals surface area contributed by atoms with Crippen molar-refractivity contribution in [1.29, 1.82) is 0 Å². The van der Waals surface area contributed by atoms with Crippen LogP contribution in [0.3, 0.4) is 0 Å². The molecule has 1 aromatic carbocycles. The van der Waals surface area contributed by atoms with Crippen molar-refractivity contribution in [3.8, 4) is 0 Å². The molecule has 1 N–H and O–H groups in total. The molecule has 0 bridgehead atoms. The number of sulfone groups is 1. The van der Waals surface area contributed by atoms with E-state index in [1.165, 1.54) is 7.11 Å². The van der Waals surface area contributed by atoms with Crippen molar-refractivity contribution in [1.82, 2.24) is 5.32 Å². The van der Waals surface area contributed by atoms with E-state index in [0.29, 0.717) is 5.56 Å². The van der Waals surface area contributed by atoms with Gasteiger partial charge in [0.1, 0.15) is 0 Å². The molecule has 0 saturated heterocycles. The van der Waals surface area contributed by atoms with Crippen LogP contribution in [0.25, 0.3) is 0 Å². The molecule has 0 heterocycles. The summed E-state index contributed by atoms with van der Waals surface area (Å²) in [6.45, 7) is 0. The van der Waals surface area contributed by atoms with Gasteiger partial charge in [0, 0.05) is 6.26 Å². The number of nitrogens with one attached hydrogen (secondary N) is 1. The molecule has 0 aliphatic rings. The van der Waals surface area contributed by atoms with Gasteiger partial charge in [-0.2, -0.15) is 0 Å². The molecule has 0 spiro atoms. The quantitative estimate of drug-likeness (QED) is 0.862. The molecule has 1 unspecified atom stereocenters. The van der Waals surface area contributed by atoms with E-state index in [-0.39, 0.29) is 0 Å². The fourth-order valence-corrected chi connectivity index (χ4v) is 2.19. The molecule has 1 atom stereocenters. The standard InChI is InChI=1S/C10H13NO4S/c1-15-10(12)11-9(16(2,13)14)8-6-4-3-5-7-8/h3-7,9H,1-2H3,(H,11,12). The Morgan fingerprint density at radius 1 is 1.31 bits per heavy atom. The number of hydrogen-bond donors (Lipinski definition) is 1. The van der Waals surface area contributed by atoms with Crippen molar-refractivity contribution >= 4 is 15.9 Å². The molecule has 1 rings (SSSR count). The van der Waals surface area contributed by atoms with Gasteiger partial charge in [0.25, 0.3) is 0 Å². The summed E-state index contributed by atoms with van der Waals surface area (Å²) in [7, 11) is -2.25. The van der Waals surface area contributed by atoms with Crippen molar-refractivity contribution in [3.63, 3.8) is 0 Å². The Kier molecular flexibility index (Phi) is 3.89. The molecule has 0 aliphatic heterocycles. The van der Waals surface area contributed by atoms with Crippen molar-refractivity contribution in [2.45, 2.75) is 5.37 Å². The van der Waals surface area contributed by atoms with Crippen molar-refractivity contribution in [3.05, 3.63) is 35.9 Å². The first-order valence-electron chi connectivity index (χ1n) is 4.53. The lowest BCUT2D eigenvalue weighted by Crippen LogP contribution is -2.33. The molecule has 0 radical (unpaired) electrons. The predicted molar refractivity (Wildman–Crippen MR) is 59.6 cm³/mol. The summed E-state index contributed by atoms with van der Waals surface area (Å²) in [5.41, 5.74) is 0.496. The van der Waals surface area contributed by atoms with Crippen LogP contribution in [-0.4, -0.2) is 27.9 Å². The number of benzene rings is 1. The van der Waals surface area contributed by atoms with E-state index in [0.717, 1.165) is 6.26 Å². The fourth-order valence-electron chi connectivity index (χ4n) is 1.23. The van der Waals surface area contributed by atoms with Gasteiger partial charge in [-0.3, -0.25) is 0 Å². The van der Waals surface area contributed by atoms with Gasteiger partial charge in [0.15, 0.2) is 15.2 Å². The Balaban J connectivity index is 3.03. The van der Waals surface area contributed by atoms with Crippen LogP contribution >= 0.6 is 0 Å². The van der Waals surface area contributed by atoms with E-state index in [4.69, 9.17) is 0 Å². The Hall–Kier alpha value is -1.56. The molecule has 88 valence electrons. The van der Waals surface area contributed by atoms with Crippen LogP contribution in [0.15, 0.2) is 30.3 Å². The second-order valence-corrected chi connectivity index (χ2v) is 5.39. The lowest BCUT2D eigenvalue weighted by Gasteiger charge is -2.16. The summed E-state index contributed by atoms with van der Waals surface area (Å²) in [5, 5.41) is 1.19. The highest BCUT2D eigenvalue weighted by atomic mass is 32.2. The Labute approximate surface area is 94.3 Å². The number of carbonyl (C=O) groups excluding carboxylic acids is 1. The summed E-state index contributed by atoms with van der Waals surface area (Å²) < 4.78 is 27.4. The minimum absolute atomic E-state index is 0.496. The molecule has 0 aliphatic carbocycles. The number of alkyl carbamates (subject to hydrolysis) is 1. The Bertz CT molecular complexity index is 455. The molecule has 0 fully saturated rings. The molecule has 5 nitrogen and oxygen atoms in total.